The van der Waals surface area contributed by atoms with Crippen LogP contribution >= 0.6 is 11.3 Å². The van der Waals surface area contributed by atoms with Crippen LogP contribution in [0, 0.1) is 5.82 Å². The first kappa shape index (κ1) is 16.4. The smallest absolute Gasteiger partial charge is 0.307 e. The molecule has 1 heterocycles. The maximum atomic E-state index is 13.1. The van der Waals surface area contributed by atoms with Crippen LogP contribution in [0.4, 0.5) is 4.39 Å². The van der Waals surface area contributed by atoms with E-state index in [1.165, 1.54) is 23.5 Å². The van der Waals surface area contributed by atoms with E-state index in [1.54, 1.807) is 12.1 Å². The molecule has 0 fully saturated rings. The highest BCUT2D eigenvalue weighted by atomic mass is 32.1. The van der Waals surface area contributed by atoms with Gasteiger partial charge in [0.2, 0.25) is 0 Å². The molecular formula is C21H14FNO2S. The number of carbonyl (C=O) groups is 1. The molecule has 3 nitrogen and oxygen atoms in total. The number of aliphatic carboxylic acids is 1. The first-order valence-corrected chi connectivity index (χ1v) is 8.93. The molecule has 1 aromatic heterocycles. The van der Waals surface area contributed by atoms with E-state index in [0.29, 0.717) is 0 Å². The highest BCUT2D eigenvalue weighted by molar-refractivity contribution is 7.13. The van der Waals surface area contributed by atoms with Gasteiger partial charge in [0.1, 0.15) is 10.8 Å². The second-order valence-electron chi connectivity index (χ2n) is 5.97. The number of aromatic nitrogens is 1. The molecule has 0 spiro atoms. The molecule has 1 N–H and O–H groups in total. The number of carboxylic acid groups (broad SMARTS) is 1. The van der Waals surface area contributed by atoms with Crippen molar-refractivity contribution in [1.82, 2.24) is 4.98 Å². The van der Waals surface area contributed by atoms with Crippen LogP contribution in [0.3, 0.4) is 0 Å². The topological polar surface area (TPSA) is 50.2 Å². The predicted molar refractivity (Wildman–Crippen MR) is 102 cm³/mol. The third-order valence-electron chi connectivity index (χ3n) is 4.21. The van der Waals surface area contributed by atoms with Gasteiger partial charge in [-0.25, -0.2) is 9.37 Å². The lowest BCUT2D eigenvalue weighted by molar-refractivity contribution is -0.136. The van der Waals surface area contributed by atoms with Gasteiger partial charge in [0.25, 0.3) is 0 Å². The average Bonchev–Trinajstić information content (AvgIpc) is 3.12. The van der Waals surface area contributed by atoms with Crippen molar-refractivity contribution in [3.63, 3.8) is 0 Å². The first-order valence-electron chi connectivity index (χ1n) is 8.05. The Balaban J connectivity index is 1.75. The summed E-state index contributed by atoms with van der Waals surface area (Å²) in [5.41, 5.74) is 3.40. The summed E-state index contributed by atoms with van der Waals surface area (Å²) in [5, 5.41) is 13.8. The Morgan fingerprint density at radius 1 is 1.04 bits per heavy atom. The zero-order valence-corrected chi connectivity index (χ0v) is 14.5. The Morgan fingerprint density at radius 3 is 2.58 bits per heavy atom. The van der Waals surface area contributed by atoms with Crippen molar-refractivity contribution in [2.24, 2.45) is 0 Å². The number of carboxylic acids is 1. The molecule has 5 heteroatoms. The highest BCUT2D eigenvalue weighted by Gasteiger charge is 2.10. The third-order valence-corrected chi connectivity index (χ3v) is 5.10. The Labute approximate surface area is 153 Å². The molecule has 0 aliphatic heterocycles. The van der Waals surface area contributed by atoms with E-state index >= 15 is 0 Å². The summed E-state index contributed by atoms with van der Waals surface area (Å²) < 4.78 is 13.1. The van der Waals surface area contributed by atoms with Crippen LogP contribution in [0.2, 0.25) is 0 Å². The van der Waals surface area contributed by atoms with E-state index in [4.69, 9.17) is 5.11 Å². The van der Waals surface area contributed by atoms with Gasteiger partial charge in [-0.1, -0.05) is 30.3 Å². The molecule has 0 aliphatic rings. The molecule has 0 amide bonds. The van der Waals surface area contributed by atoms with Gasteiger partial charge in [-0.15, -0.1) is 11.3 Å². The molecule has 0 saturated heterocycles. The minimum Gasteiger partial charge on any atom is -0.481 e. The summed E-state index contributed by atoms with van der Waals surface area (Å²) in [6, 6.07) is 17.9. The highest BCUT2D eigenvalue weighted by Crippen LogP contribution is 2.31. The Bertz CT molecular complexity index is 1100. The van der Waals surface area contributed by atoms with E-state index in [1.807, 2.05) is 41.8 Å². The molecule has 0 bridgehead atoms. The fourth-order valence-electron chi connectivity index (χ4n) is 2.95. The number of nitrogens with zero attached hydrogens (tertiary/aromatic N) is 1. The van der Waals surface area contributed by atoms with Gasteiger partial charge < -0.3 is 5.11 Å². The van der Waals surface area contributed by atoms with Crippen molar-refractivity contribution >= 4 is 28.1 Å². The summed E-state index contributed by atoms with van der Waals surface area (Å²) in [7, 11) is 0. The minimum absolute atomic E-state index is 0.0152. The van der Waals surface area contributed by atoms with E-state index in [9.17, 15) is 9.18 Å². The fraction of sp³-hybridized carbons (Fsp3) is 0.0476. The maximum absolute atomic E-state index is 13.1. The molecule has 0 unspecified atom stereocenters. The van der Waals surface area contributed by atoms with Crippen LogP contribution < -0.4 is 0 Å². The molecule has 0 saturated carbocycles. The standard InChI is InChI=1S/C21H14FNO2S/c22-17-8-6-14(7-9-17)21-23-19(12-26-21)16-5-4-13-2-1-3-15(11-20(24)25)18(13)10-16/h1-10,12H,11H2,(H,24,25). The number of thiazole rings is 1. The van der Waals surface area contributed by atoms with Gasteiger partial charge in [-0.2, -0.15) is 0 Å². The summed E-state index contributed by atoms with van der Waals surface area (Å²) in [6.45, 7) is 0. The number of benzene rings is 3. The van der Waals surface area contributed by atoms with Crippen molar-refractivity contribution in [1.29, 1.82) is 0 Å². The van der Waals surface area contributed by atoms with E-state index < -0.39 is 5.97 Å². The lowest BCUT2D eigenvalue weighted by atomic mass is 9.99. The molecule has 26 heavy (non-hydrogen) atoms. The summed E-state index contributed by atoms with van der Waals surface area (Å²) in [5.74, 6) is -1.12. The SMILES string of the molecule is O=C(O)Cc1cccc2ccc(-c3csc(-c4ccc(F)cc4)n3)cc12. The average molecular weight is 363 g/mol. The lowest BCUT2D eigenvalue weighted by Crippen LogP contribution is -2.00. The van der Waals surface area contributed by atoms with Crippen LogP contribution in [0.25, 0.3) is 32.6 Å². The van der Waals surface area contributed by atoms with Crippen molar-refractivity contribution in [3.8, 4) is 21.8 Å². The number of hydrogen-bond acceptors (Lipinski definition) is 3. The summed E-state index contributed by atoms with van der Waals surface area (Å²) in [6.07, 6.45) is -0.0152. The second kappa shape index (κ2) is 6.69. The number of halogens is 1. The van der Waals surface area contributed by atoms with Crippen LogP contribution in [0.15, 0.2) is 66.0 Å². The van der Waals surface area contributed by atoms with E-state index in [-0.39, 0.29) is 12.2 Å². The normalized spacial score (nSPS) is 11.0. The number of rotatable bonds is 4. The largest absolute Gasteiger partial charge is 0.481 e. The molecule has 3 aromatic carbocycles. The van der Waals surface area contributed by atoms with Gasteiger partial charge in [-0.05, 0) is 46.7 Å². The van der Waals surface area contributed by atoms with Crippen LogP contribution in [-0.4, -0.2) is 16.1 Å². The van der Waals surface area contributed by atoms with Gasteiger partial charge in [0.05, 0.1) is 12.1 Å². The predicted octanol–water partition coefficient (Wildman–Crippen LogP) is 5.40. The molecule has 0 aliphatic carbocycles. The first-order chi connectivity index (χ1) is 12.6. The van der Waals surface area contributed by atoms with Gasteiger partial charge in [0.15, 0.2) is 0 Å². The molecule has 128 valence electrons. The van der Waals surface area contributed by atoms with Crippen LogP contribution in [0.1, 0.15) is 5.56 Å². The molecule has 4 rings (SSSR count). The Kier molecular flexibility index (Phi) is 4.22. The van der Waals surface area contributed by atoms with E-state index in [0.717, 1.165) is 38.2 Å². The van der Waals surface area contributed by atoms with E-state index in [2.05, 4.69) is 4.98 Å². The van der Waals surface area contributed by atoms with Gasteiger partial charge >= 0.3 is 5.97 Å². The van der Waals surface area contributed by atoms with Crippen LogP contribution in [0.5, 0.6) is 0 Å². The summed E-state index contributed by atoms with van der Waals surface area (Å²) >= 11 is 1.50. The number of fused-ring (bicyclic) bond motifs is 1. The fourth-order valence-corrected chi connectivity index (χ4v) is 3.78. The molecule has 0 atom stereocenters. The lowest BCUT2D eigenvalue weighted by Gasteiger charge is -2.06. The Hall–Kier alpha value is -3.05. The molecule has 4 aromatic rings. The second-order valence-corrected chi connectivity index (χ2v) is 6.83. The van der Waals surface area contributed by atoms with Gasteiger partial charge in [-0.3, -0.25) is 4.79 Å². The quantitative estimate of drug-likeness (QED) is 0.528. The Morgan fingerprint density at radius 2 is 1.81 bits per heavy atom. The zero-order valence-electron chi connectivity index (χ0n) is 13.6. The molecular weight excluding hydrogens is 349 g/mol. The minimum atomic E-state index is -0.852. The van der Waals surface area contributed by atoms with Crippen molar-refractivity contribution in [2.75, 3.05) is 0 Å². The summed E-state index contributed by atoms with van der Waals surface area (Å²) in [4.78, 5) is 15.8. The van der Waals surface area contributed by atoms with Crippen molar-refractivity contribution < 1.29 is 14.3 Å². The van der Waals surface area contributed by atoms with Crippen LogP contribution in [-0.2, 0) is 11.2 Å². The van der Waals surface area contributed by atoms with Gasteiger partial charge in [0, 0.05) is 16.5 Å². The monoisotopic (exact) mass is 363 g/mol. The zero-order chi connectivity index (χ0) is 18.1. The van der Waals surface area contributed by atoms with Crippen molar-refractivity contribution in [2.45, 2.75) is 6.42 Å². The molecule has 0 radical (unpaired) electrons. The van der Waals surface area contributed by atoms with Crippen molar-refractivity contribution in [3.05, 3.63) is 77.4 Å². The third kappa shape index (κ3) is 3.21. The maximum Gasteiger partial charge on any atom is 0.307 e. The number of hydrogen-bond donors (Lipinski definition) is 1.